The first-order valence-corrected chi connectivity index (χ1v) is 5.65. The fourth-order valence-electron chi connectivity index (χ4n) is 1.40. The van der Waals surface area contributed by atoms with E-state index in [1.165, 1.54) is 10.8 Å². The van der Waals surface area contributed by atoms with Gasteiger partial charge in [0.15, 0.2) is 6.23 Å². The molecule has 16 heavy (non-hydrogen) atoms. The minimum Gasteiger partial charge on any atom is -0.393 e. The minimum absolute atomic E-state index is 0.137. The zero-order valence-corrected chi connectivity index (χ0v) is 10.2. The number of aromatic nitrogens is 2. The minimum atomic E-state index is -0.574. The molecule has 0 amide bonds. The van der Waals surface area contributed by atoms with Gasteiger partial charge in [-0.05, 0) is 28.7 Å². The van der Waals surface area contributed by atoms with E-state index in [2.05, 4.69) is 4.98 Å². The highest BCUT2D eigenvalue weighted by molar-refractivity contribution is 14.1. The van der Waals surface area contributed by atoms with Gasteiger partial charge in [0.05, 0.1) is 10.2 Å². The smallest absolute Gasteiger partial charge is 0.330 e. The molecule has 7 heteroatoms. The molecule has 0 aromatic carbocycles. The Bertz CT molecular complexity index is 533. The topological polar surface area (TPSA) is 84.3 Å². The third kappa shape index (κ3) is 2.11. The maximum absolute atomic E-state index is 11.5. The Balaban J connectivity index is 2.36. The monoisotopic (exact) mass is 336 g/mol. The number of hydrogen-bond donors (Lipinski definition) is 2. The lowest BCUT2D eigenvalue weighted by molar-refractivity contribution is -0.0104. The van der Waals surface area contributed by atoms with E-state index in [0.717, 1.165) is 0 Å². The molecular formula is C9H9IN2O4. The van der Waals surface area contributed by atoms with E-state index in [1.54, 1.807) is 12.2 Å². The summed E-state index contributed by atoms with van der Waals surface area (Å²) in [5.41, 5.74) is -0.943. The van der Waals surface area contributed by atoms with Crippen molar-refractivity contribution in [3.63, 3.8) is 0 Å². The summed E-state index contributed by atoms with van der Waals surface area (Å²) in [4.78, 5) is 24.8. The summed E-state index contributed by atoms with van der Waals surface area (Å²) in [6, 6.07) is 0. The molecule has 1 aromatic heterocycles. The molecular weight excluding hydrogens is 327 g/mol. The highest BCUT2D eigenvalue weighted by Gasteiger charge is 2.21. The lowest BCUT2D eigenvalue weighted by Gasteiger charge is -2.14. The highest BCUT2D eigenvalue weighted by atomic mass is 127. The molecule has 0 fully saturated rings. The van der Waals surface area contributed by atoms with Crippen LogP contribution in [0.4, 0.5) is 0 Å². The van der Waals surface area contributed by atoms with Crippen molar-refractivity contribution in [3.8, 4) is 0 Å². The van der Waals surface area contributed by atoms with Crippen LogP contribution in [0.5, 0.6) is 0 Å². The van der Waals surface area contributed by atoms with Crippen LogP contribution in [0.3, 0.4) is 0 Å². The standard InChI is InChI=1S/C9H9IN2O4/c10-6-3-12(9(15)11-8(6)14)7-2-1-5(4-13)16-7/h1-3,5,7,13H,4H2,(H,11,14,15)/t5-,7+/m0/s1. The van der Waals surface area contributed by atoms with Gasteiger partial charge >= 0.3 is 5.69 Å². The Labute approximate surface area is 104 Å². The fraction of sp³-hybridized carbons (Fsp3) is 0.333. The van der Waals surface area contributed by atoms with Crippen LogP contribution in [0.1, 0.15) is 6.23 Å². The number of aromatic amines is 1. The lowest BCUT2D eigenvalue weighted by atomic mass is 10.4. The van der Waals surface area contributed by atoms with Gasteiger partial charge in [0.2, 0.25) is 0 Å². The second-order valence-corrected chi connectivity index (χ2v) is 4.44. The molecule has 6 nitrogen and oxygen atoms in total. The molecule has 2 heterocycles. The van der Waals surface area contributed by atoms with Crippen LogP contribution in [-0.2, 0) is 4.74 Å². The van der Waals surface area contributed by atoms with Gasteiger partial charge in [-0.25, -0.2) is 4.79 Å². The molecule has 2 atom stereocenters. The molecule has 0 unspecified atom stereocenters. The number of ether oxygens (including phenoxy) is 1. The normalized spacial score (nSPS) is 23.9. The van der Waals surface area contributed by atoms with Gasteiger partial charge in [0.25, 0.3) is 5.56 Å². The number of hydrogen-bond acceptors (Lipinski definition) is 4. The predicted octanol–water partition coefficient (Wildman–Crippen LogP) is -0.413. The van der Waals surface area contributed by atoms with Crippen molar-refractivity contribution in [1.29, 1.82) is 0 Å². The molecule has 0 saturated carbocycles. The van der Waals surface area contributed by atoms with Gasteiger partial charge in [-0.1, -0.05) is 6.08 Å². The first-order valence-electron chi connectivity index (χ1n) is 4.57. The Morgan fingerprint density at radius 3 is 2.88 bits per heavy atom. The zero-order valence-electron chi connectivity index (χ0n) is 8.09. The molecule has 1 aliphatic heterocycles. The molecule has 0 saturated heterocycles. The molecule has 0 radical (unpaired) electrons. The second-order valence-electron chi connectivity index (χ2n) is 3.28. The Kier molecular flexibility index (Phi) is 3.26. The third-order valence-electron chi connectivity index (χ3n) is 2.18. The third-order valence-corrected chi connectivity index (χ3v) is 2.95. The number of rotatable bonds is 2. The van der Waals surface area contributed by atoms with Crippen LogP contribution in [0.2, 0.25) is 0 Å². The molecule has 2 N–H and O–H groups in total. The first kappa shape index (κ1) is 11.6. The second kappa shape index (κ2) is 4.52. The Morgan fingerprint density at radius 2 is 2.25 bits per heavy atom. The zero-order chi connectivity index (χ0) is 11.7. The summed E-state index contributed by atoms with van der Waals surface area (Å²) in [6.45, 7) is -0.137. The summed E-state index contributed by atoms with van der Waals surface area (Å²) in [5, 5.41) is 8.88. The Hall–Kier alpha value is -0.930. The summed E-state index contributed by atoms with van der Waals surface area (Å²) >= 11 is 1.84. The number of halogens is 1. The van der Waals surface area contributed by atoms with E-state index in [1.807, 2.05) is 22.6 Å². The number of aliphatic hydroxyl groups is 1. The van der Waals surface area contributed by atoms with Crippen molar-refractivity contribution in [2.75, 3.05) is 6.61 Å². The van der Waals surface area contributed by atoms with Crippen molar-refractivity contribution in [1.82, 2.24) is 9.55 Å². The van der Waals surface area contributed by atoms with Gasteiger partial charge in [0.1, 0.15) is 6.10 Å². The van der Waals surface area contributed by atoms with Crippen molar-refractivity contribution < 1.29 is 9.84 Å². The van der Waals surface area contributed by atoms with Crippen LogP contribution in [0.15, 0.2) is 27.9 Å². The quantitative estimate of drug-likeness (QED) is 0.568. The molecule has 0 bridgehead atoms. The van der Waals surface area contributed by atoms with Crippen molar-refractivity contribution in [2.45, 2.75) is 12.3 Å². The van der Waals surface area contributed by atoms with E-state index >= 15 is 0 Å². The van der Waals surface area contributed by atoms with E-state index in [4.69, 9.17) is 9.84 Å². The van der Waals surface area contributed by atoms with Crippen molar-refractivity contribution in [2.24, 2.45) is 0 Å². The van der Waals surface area contributed by atoms with E-state index in [9.17, 15) is 9.59 Å². The molecule has 86 valence electrons. The van der Waals surface area contributed by atoms with Crippen molar-refractivity contribution in [3.05, 3.63) is 42.8 Å². The predicted molar refractivity (Wildman–Crippen MR) is 64.2 cm³/mol. The molecule has 0 aliphatic carbocycles. The van der Waals surface area contributed by atoms with Gasteiger partial charge < -0.3 is 9.84 Å². The molecule has 0 spiro atoms. The maximum Gasteiger partial charge on any atom is 0.330 e. The number of H-pyrrole nitrogens is 1. The first-order chi connectivity index (χ1) is 7.61. The van der Waals surface area contributed by atoms with Gasteiger partial charge in [-0.15, -0.1) is 0 Å². The average molecular weight is 336 g/mol. The van der Waals surface area contributed by atoms with E-state index in [-0.39, 0.29) is 6.61 Å². The van der Waals surface area contributed by atoms with Gasteiger partial charge in [-0.3, -0.25) is 14.3 Å². The number of nitrogens with one attached hydrogen (secondary N) is 1. The molecule has 2 rings (SSSR count). The maximum atomic E-state index is 11.5. The van der Waals surface area contributed by atoms with Crippen LogP contribution >= 0.6 is 22.6 Å². The van der Waals surface area contributed by atoms with Crippen LogP contribution in [0, 0.1) is 3.57 Å². The van der Waals surface area contributed by atoms with Crippen LogP contribution in [0.25, 0.3) is 0 Å². The van der Waals surface area contributed by atoms with Crippen molar-refractivity contribution >= 4 is 22.6 Å². The van der Waals surface area contributed by atoms with Crippen LogP contribution < -0.4 is 11.2 Å². The van der Waals surface area contributed by atoms with E-state index in [0.29, 0.717) is 3.57 Å². The van der Waals surface area contributed by atoms with Crippen LogP contribution in [-0.4, -0.2) is 27.4 Å². The summed E-state index contributed by atoms with van der Waals surface area (Å²) in [5.74, 6) is 0. The Morgan fingerprint density at radius 1 is 1.50 bits per heavy atom. The van der Waals surface area contributed by atoms with Gasteiger partial charge in [-0.2, -0.15) is 0 Å². The number of nitrogens with zero attached hydrogens (tertiary/aromatic N) is 1. The highest BCUT2D eigenvalue weighted by Crippen LogP contribution is 2.18. The lowest BCUT2D eigenvalue weighted by Crippen LogP contribution is -2.33. The average Bonchev–Trinajstić information content (AvgIpc) is 2.71. The molecule has 1 aromatic rings. The fourth-order valence-corrected chi connectivity index (χ4v) is 1.84. The van der Waals surface area contributed by atoms with E-state index < -0.39 is 23.6 Å². The largest absolute Gasteiger partial charge is 0.393 e. The van der Waals surface area contributed by atoms with Gasteiger partial charge in [0, 0.05) is 6.20 Å². The summed E-state index contributed by atoms with van der Waals surface area (Å²) in [7, 11) is 0. The number of aliphatic hydroxyl groups excluding tert-OH is 1. The summed E-state index contributed by atoms with van der Waals surface area (Å²) in [6.07, 6.45) is 3.79. The SMILES string of the molecule is O=c1[nH]c(=O)n([C@H]2C=C[C@@H](CO)O2)cc1I. The molecule has 1 aliphatic rings. The summed E-state index contributed by atoms with van der Waals surface area (Å²) < 4.78 is 7.03.